The first kappa shape index (κ1) is 19.8. The summed E-state index contributed by atoms with van der Waals surface area (Å²) in [4.78, 5) is 32.4. The van der Waals surface area contributed by atoms with Crippen molar-refractivity contribution in [3.63, 3.8) is 0 Å². The molecule has 4 rings (SSSR count). The van der Waals surface area contributed by atoms with Gasteiger partial charge in [0.25, 0.3) is 0 Å². The van der Waals surface area contributed by atoms with Gasteiger partial charge in [-0.1, -0.05) is 0 Å². The van der Waals surface area contributed by atoms with Crippen LogP contribution in [0.3, 0.4) is 0 Å². The van der Waals surface area contributed by atoms with Crippen LogP contribution in [-0.2, 0) is 9.53 Å². The molecule has 1 atom stereocenters. The lowest BCUT2D eigenvalue weighted by Crippen LogP contribution is -2.61. The van der Waals surface area contributed by atoms with E-state index in [0.717, 1.165) is 0 Å². The Balaban J connectivity index is 1.73. The number of amides is 2. The molecule has 1 aromatic heterocycles. The lowest BCUT2D eigenvalue weighted by molar-refractivity contribution is -0.118. The Kier molecular flexibility index (Phi) is 4.64. The highest BCUT2D eigenvalue weighted by Gasteiger charge is 2.41. The normalized spacial score (nSPS) is 19.0. The molecule has 1 fully saturated rings. The number of hydrogen-bond acceptors (Lipinski definition) is 5. The summed E-state index contributed by atoms with van der Waals surface area (Å²) in [5, 5.41) is 2.99. The number of ether oxygens (including phenoxy) is 1. The fourth-order valence-corrected chi connectivity index (χ4v) is 3.91. The molecule has 0 radical (unpaired) electrons. The maximum Gasteiger partial charge on any atom is 0.410 e. The summed E-state index contributed by atoms with van der Waals surface area (Å²) in [6.45, 7) is 6.03. The van der Waals surface area contributed by atoms with E-state index in [1.807, 2.05) is 0 Å². The molecule has 0 unspecified atom stereocenters. The van der Waals surface area contributed by atoms with E-state index in [4.69, 9.17) is 4.74 Å². The van der Waals surface area contributed by atoms with Crippen molar-refractivity contribution >= 4 is 50.2 Å². The van der Waals surface area contributed by atoms with Crippen molar-refractivity contribution in [3.05, 3.63) is 28.4 Å². The molecule has 7 nitrogen and oxygen atoms in total. The summed E-state index contributed by atoms with van der Waals surface area (Å²) in [7, 11) is 0. The Labute approximate surface area is 174 Å². The molecule has 1 aromatic carbocycles. The third-order valence-corrected chi connectivity index (χ3v) is 5.58. The molecule has 10 heteroatoms. The van der Waals surface area contributed by atoms with Gasteiger partial charge in [0.1, 0.15) is 23.0 Å². The van der Waals surface area contributed by atoms with Crippen molar-refractivity contribution in [1.82, 2.24) is 9.88 Å². The minimum Gasteiger partial charge on any atom is -0.444 e. The number of pyridine rings is 1. The molecule has 29 heavy (non-hydrogen) atoms. The monoisotopic (exact) mass is 468 g/mol. The molecule has 0 spiro atoms. The van der Waals surface area contributed by atoms with E-state index in [2.05, 4.69) is 26.2 Å². The minimum atomic E-state index is -0.802. The van der Waals surface area contributed by atoms with Gasteiger partial charge in [-0.2, -0.15) is 0 Å². The van der Waals surface area contributed by atoms with E-state index in [0.29, 0.717) is 24.5 Å². The summed E-state index contributed by atoms with van der Waals surface area (Å²) in [5.41, 5.74) is 0.223. The molecule has 1 N–H and O–H groups in total. The fourth-order valence-electron chi connectivity index (χ4n) is 3.61. The number of nitrogens with one attached hydrogen (secondary N) is 1. The van der Waals surface area contributed by atoms with E-state index < -0.39 is 29.4 Å². The standard InChI is InChI=1S/C19H19BrF2N4O3/c1-19(2,3)29-18(28)25-4-5-26-12(8-25)17(27)24-11-7-23-15-9(16(11)26)6-10(21)13(20)14(15)22/h6-7,12H,4-5,8H2,1-3H3,(H,24,27)/t12-/m1/s1. The molecule has 154 valence electrons. The van der Waals surface area contributed by atoms with Gasteiger partial charge in [-0.05, 0) is 42.8 Å². The van der Waals surface area contributed by atoms with Crippen molar-refractivity contribution < 1.29 is 23.1 Å². The second kappa shape index (κ2) is 6.79. The third kappa shape index (κ3) is 3.39. The van der Waals surface area contributed by atoms with Gasteiger partial charge in [0.2, 0.25) is 5.91 Å². The molecule has 1 saturated heterocycles. The number of nitrogens with zero attached hydrogens (tertiary/aromatic N) is 3. The van der Waals surface area contributed by atoms with Crippen molar-refractivity contribution in [2.24, 2.45) is 0 Å². The summed E-state index contributed by atoms with van der Waals surface area (Å²) < 4.78 is 33.9. The third-order valence-electron chi connectivity index (χ3n) is 4.85. The van der Waals surface area contributed by atoms with E-state index >= 15 is 0 Å². The molecule has 2 aromatic rings. The molecule has 2 aliphatic heterocycles. The average Bonchev–Trinajstić information content (AvgIpc) is 2.64. The second-order valence-electron chi connectivity index (χ2n) is 8.03. The van der Waals surface area contributed by atoms with E-state index in [9.17, 15) is 18.4 Å². The zero-order chi connectivity index (χ0) is 21.1. The number of benzene rings is 1. The number of halogens is 3. The first-order chi connectivity index (χ1) is 13.6. The number of anilines is 2. The van der Waals surface area contributed by atoms with Gasteiger partial charge < -0.3 is 19.9 Å². The quantitative estimate of drug-likeness (QED) is 0.597. The van der Waals surface area contributed by atoms with Crippen LogP contribution in [0.4, 0.5) is 25.0 Å². The van der Waals surface area contributed by atoms with E-state index in [1.165, 1.54) is 17.2 Å². The Morgan fingerprint density at radius 1 is 1.34 bits per heavy atom. The summed E-state index contributed by atoms with van der Waals surface area (Å²) >= 11 is 2.89. The molecule has 2 aliphatic rings. The number of fused-ring (bicyclic) bond motifs is 5. The highest BCUT2D eigenvalue weighted by Crippen LogP contribution is 2.41. The second-order valence-corrected chi connectivity index (χ2v) is 8.82. The highest BCUT2D eigenvalue weighted by atomic mass is 79.9. The Hall–Kier alpha value is -2.49. The molecule has 0 saturated carbocycles. The maximum atomic E-state index is 14.5. The highest BCUT2D eigenvalue weighted by molar-refractivity contribution is 9.10. The van der Waals surface area contributed by atoms with Crippen LogP contribution in [0.25, 0.3) is 10.9 Å². The van der Waals surface area contributed by atoms with Gasteiger partial charge in [0, 0.05) is 18.5 Å². The maximum absolute atomic E-state index is 14.5. The largest absolute Gasteiger partial charge is 0.444 e. The zero-order valence-electron chi connectivity index (χ0n) is 16.1. The lowest BCUT2D eigenvalue weighted by Gasteiger charge is -2.45. The SMILES string of the molecule is CC(C)(C)OC(=O)N1CCN2c3c(cnc4c(F)c(Br)c(F)cc34)NC(=O)[C@H]2C1. The summed E-state index contributed by atoms with van der Waals surface area (Å²) in [6.07, 6.45) is 0.857. The molecular weight excluding hydrogens is 450 g/mol. The van der Waals surface area contributed by atoms with Crippen LogP contribution in [-0.4, -0.2) is 53.2 Å². The van der Waals surface area contributed by atoms with E-state index in [1.54, 1.807) is 25.7 Å². The number of carbonyl (C=O) groups excluding carboxylic acids is 2. The number of hydrogen-bond donors (Lipinski definition) is 1. The Bertz CT molecular complexity index is 1040. The Morgan fingerprint density at radius 3 is 2.76 bits per heavy atom. The van der Waals surface area contributed by atoms with Gasteiger partial charge in [0.05, 0.1) is 28.6 Å². The van der Waals surface area contributed by atoms with Crippen molar-refractivity contribution in [2.45, 2.75) is 32.4 Å². The molecule has 2 amide bonds. The van der Waals surface area contributed by atoms with Crippen LogP contribution in [0, 0.1) is 11.6 Å². The summed E-state index contributed by atoms with van der Waals surface area (Å²) in [6, 6.07) is 0.493. The zero-order valence-corrected chi connectivity index (χ0v) is 17.6. The van der Waals surface area contributed by atoms with Crippen molar-refractivity contribution in [1.29, 1.82) is 0 Å². The number of carbonyl (C=O) groups is 2. The van der Waals surface area contributed by atoms with E-state index in [-0.39, 0.29) is 27.8 Å². The number of aromatic nitrogens is 1. The predicted molar refractivity (Wildman–Crippen MR) is 107 cm³/mol. The first-order valence-electron chi connectivity index (χ1n) is 9.08. The molecule has 0 bridgehead atoms. The van der Waals surface area contributed by atoms with Gasteiger partial charge in [-0.15, -0.1) is 0 Å². The van der Waals surface area contributed by atoms with Crippen LogP contribution in [0.1, 0.15) is 20.8 Å². The molecule has 3 heterocycles. The summed E-state index contributed by atoms with van der Waals surface area (Å²) in [5.74, 6) is -1.88. The van der Waals surface area contributed by atoms with Gasteiger partial charge in [0.15, 0.2) is 5.82 Å². The predicted octanol–water partition coefficient (Wildman–Crippen LogP) is 3.65. The van der Waals surface area contributed by atoms with Crippen LogP contribution in [0.2, 0.25) is 0 Å². The number of rotatable bonds is 0. The van der Waals surface area contributed by atoms with Gasteiger partial charge in [-0.3, -0.25) is 9.78 Å². The average molecular weight is 469 g/mol. The smallest absolute Gasteiger partial charge is 0.410 e. The molecule has 0 aliphatic carbocycles. The Morgan fingerprint density at radius 2 is 2.07 bits per heavy atom. The minimum absolute atomic E-state index is 0.00139. The number of piperazine rings is 1. The van der Waals surface area contributed by atoms with Crippen molar-refractivity contribution in [3.8, 4) is 0 Å². The van der Waals surface area contributed by atoms with Gasteiger partial charge >= 0.3 is 6.09 Å². The van der Waals surface area contributed by atoms with Gasteiger partial charge in [-0.25, -0.2) is 13.6 Å². The van der Waals surface area contributed by atoms with Crippen molar-refractivity contribution in [2.75, 3.05) is 29.9 Å². The first-order valence-corrected chi connectivity index (χ1v) is 9.88. The molecular formula is C19H19BrF2N4O3. The van der Waals surface area contributed by atoms with Crippen LogP contribution >= 0.6 is 15.9 Å². The lowest BCUT2D eigenvalue weighted by atomic mass is 10.0. The topological polar surface area (TPSA) is 74.8 Å². The van der Waals surface area contributed by atoms with Crippen LogP contribution < -0.4 is 10.2 Å². The van der Waals surface area contributed by atoms with Crippen LogP contribution in [0.5, 0.6) is 0 Å². The fraction of sp³-hybridized carbons (Fsp3) is 0.421. The van der Waals surface area contributed by atoms with Crippen LogP contribution in [0.15, 0.2) is 16.7 Å².